The standard InChI is InChI=1S/C23H23Cl2N3O5S3/c1-35(30,31)20-7-3-6-17-15(12-27-22(17)20)8-9-26-13-19(29)14-4-2-5-16(10-14)28-36(32,33)21-11-18(24)23(25)34-21/h2-7,10-12,19,26-29H,8-9,13H2,1H3/t19-/m0/s1. The molecule has 0 aliphatic carbocycles. The summed E-state index contributed by atoms with van der Waals surface area (Å²) in [5, 5.41) is 14.8. The number of para-hydroxylation sites is 1. The summed E-state index contributed by atoms with van der Waals surface area (Å²) in [5.74, 6) is 0. The van der Waals surface area contributed by atoms with Crippen LogP contribution >= 0.6 is 34.5 Å². The summed E-state index contributed by atoms with van der Waals surface area (Å²) in [6, 6.07) is 12.9. The maximum atomic E-state index is 12.6. The van der Waals surface area contributed by atoms with Crippen molar-refractivity contribution in [2.45, 2.75) is 21.6 Å². The Morgan fingerprint density at radius 1 is 1.08 bits per heavy atom. The summed E-state index contributed by atoms with van der Waals surface area (Å²) in [6.45, 7) is 0.780. The summed E-state index contributed by atoms with van der Waals surface area (Å²) in [5.41, 5.74) is 2.38. The van der Waals surface area contributed by atoms with Gasteiger partial charge in [0.25, 0.3) is 10.0 Å². The maximum absolute atomic E-state index is 12.6. The molecule has 0 spiro atoms. The molecule has 4 rings (SSSR count). The lowest BCUT2D eigenvalue weighted by Gasteiger charge is -2.14. The minimum atomic E-state index is -3.87. The van der Waals surface area contributed by atoms with E-state index in [2.05, 4.69) is 15.0 Å². The van der Waals surface area contributed by atoms with E-state index in [1.807, 2.05) is 6.07 Å². The minimum Gasteiger partial charge on any atom is -0.387 e. The fourth-order valence-corrected chi connectivity index (χ4v) is 7.55. The van der Waals surface area contributed by atoms with Crippen LogP contribution in [0.4, 0.5) is 5.69 Å². The van der Waals surface area contributed by atoms with Crippen molar-refractivity contribution >= 4 is 71.0 Å². The molecular weight excluding hydrogens is 565 g/mol. The van der Waals surface area contributed by atoms with Crippen molar-refractivity contribution in [3.05, 3.63) is 75.2 Å². The van der Waals surface area contributed by atoms with E-state index in [1.54, 1.807) is 42.6 Å². The van der Waals surface area contributed by atoms with Gasteiger partial charge >= 0.3 is 0 Å². The lowest BCUT2D eigenvalue weighted by molar-refractivity contribution is 0.175. The highest BCUT2D eigenvalue weighted by Gasteiger charge is 2.20. The number of aromatic nitrogens is 1. The van der Waals surface area contributed by atoms with Crippen LogP contribution < -0.4 is 10.0 Å². The van der Waals surface area contributed by atoms with E-state index < -0.39 is 26.0 Å². The molecule has 2 heterocycles. The second-order valence-electron chi connectivity index (χ2n) is 8.15. The number of rotatable bonds is 10. The zero-order chi connectivity index (χ0) is 26.1. The first kappa shape index (κ1) is 26.9. The normalized spacial score (nSPS) is 13.2. The molecule has 192 valence electrons. The highest BCUT2D eigenvalue weighted by atomic mass is 35.5. The zero-order valence-electron chi connectivity index (χ0n) is 19.0. The van der Waals surface area contributed by atoms with E-state index in [1.165, 1.54) is 12.3 Å². The van der Waals surface area contributed by atoms with Crippen molar-refractivity contribution in [3.63, 3.8) is 0 Å². The van der Waals surface area contributed by atoms with Crippen LogP contribution in [0.1, 0.15) is 17.2 Å². The molecular formula is C23H23Cl2N3O5S3. The van der Waals surface area contributed by atoms with Crippen molar-refractivity contribution in [2.24, 2.45) is 0 Å². The smallest absolute Gasteiger partial charge is 0.271 e. The molecule has 2 aromatic heterocycles. The van der Waals surface area contributed by atoms with Crippen LogP contribution in [0.3, 0.4) is 0 Å². The molecule has 1 atom stereocenters. The molecule has 13 heteroatoms. The van der Waals surface area contributed by atoms with Crippen LogP contribution in [0.15, 0.2) is 63.8 Å². The van der Waals surface area contributed by atoms with Gasteiger partial charge in [-0.15, -0.1) is 11.3 Å². The Morgan fingerprint density at radius 2 is 1.83 bits per heavy atom. The van der Waals surface area contributed by atoms with Crippen LogP contribution in [0.2, 0.25) is 9.36 Å². The van der Waals surface area contributed by atoms with Gasteiger partial charge in [-0.25, -0.2) is 16.8 Å². The van der Waals surface area contributed by atoms with Crippen molar-refractivity contribution in [2.75, 3.05) is 24.1 Å². The quantitative estimate of drug-likeness (QED) is 0.201. The first-order valence-corrected chi connectivity index (χ1v) is 15.7. The van der Waals surface area contributed by atoms with Crippen molar-refractivity contribution < 1.29 is 21.9 Å². The molecule has 4 aromatic rings. The number of nitrogens with one attached hydrogen (secondary N) is 3. The Bertz CT molecular complexity index is 1600. The Kier molecular flexibility index (Phi) is 8.01. The second kappa shape index (κ2) is 10.7. The number of H-pyrrole nitrogens is 1. The molecule has 0 aliphatic heterocycles. The second-order valence-corrected chi connectivity index (χ2v) is 14.1. The number of anilines is 1. The number of aliphatic hydroxyl groups excluding tert-OH is 1. The highest BCUT2D eigenvalue weighted by molar-refractivity contribution is 7.94. The Labute approximate surface area is 223 Å². The van der Waals surface area contributed by atoms with Gasteiger partial charge in [0.05, 0.1) is 21.5 Å². The predicted molar refractivity (Wildman–Crippen MR) is 145 cm³/mol. The van der Waals surface area contributed by atoms with E-state index in [0.29, 0.717) is 29.7 Å². The fraction of sp³-hybridized carbons (Fsp3) is 0.217. The molecule has 8 nitrogen and oxygen atoms in total. The van der Waals surface area contributed by atoms with E-state index in [9.17, 15) is 21.9 Å². The summed E-state index contributed by atoms with van der Waals surface area (Å²) in [4.78, 5) is 3.31. The molecule has 0 radical (unpaired) electrons. The number of benzene rings is 2. The average Bonchev–Trinajstić information content (AvgIpc) is 3.39. The van der Waals surface area contributed by atoms with Crippen molar-refractivity contribution in [1.29, 1.82) is 0 Å². The average molecular weight is 589 g/mol. The van der Waals surface area contributed by atoms with Crippen LogP contribution in [0, 0.1) is 0 Å². The minimum absolute atomic E-state index is 0.00828. The SMILES string of the molecule is CS(=O)(=O)c1cccc2c(CCNC[C@H](O)c3cccc(NS(=O)(=O)c4cc(Cl)c(Cl)s4)c3)c[nH]c12. The van der Waals surface area contributed by atoms with Crippen LogP contribution in [0.5, 0.6) is 0 Å². The van der Waals surface area contributed by atoms with Gasteiger partial charge in [-0.2, -0.15) is 0 Å². The Balaban J connectivity index is 1.36. The molecule has 0 fully saturated rings. The molecule has 0 bridgehead atoms. The molecule has 0 amide bonds. The van der Waals surface area contributed by atoms with Crippen LogP contribution in [-0.2, 0) is 26.3 Å². The highest BCUT2D eigenvalue weighted by Crippen LogP contribution is 2.35. The summed E-state index contributed by atoms with van der Waals surface area (Å²) in [7, 11) is -7.22. The molecule has 0 saturated carbocycles. The van der Waals surface area contributed by atoms with Crippen molar-refractivity contribution in [1.82, 2.24) is 10.3 Å². The van der Waals surface area contributed by atoms with E-state index >= 15 is 0 Å². The number of sulfone groups is 1. The van der Waals surface area contributed by atoms with Gasteiger partial charge in [0.1, 0.15) is 8.55 Å². The van der Waals surface area contributed by atoms with Crippen molar-refractivity contribution in [3.8, 4) is 0 Å². The number of thiophene rings is 1. The maximum Gasteiger partial charge on any atom is 0.271 e. The van der Waals surface area contributed by atoms with E-state index in [4.69, 9.17) is 23.2 Å². The number of hydrogen-bond acceptors (Lipinski definition) is 7. The molecule has 4 N–H and O–H groups in total. The van der Waals surface area contributed by atoms with Gasteiger partial charge in [-0.3, -0.25) is 4.72 Å². The number of fused-ring (bicyclic) bond motifs is 1. The van der Waals surface area contributed by atoms with Crippen LogP contribution in [-0.4, -0.2) is 46.3 Å². The van der Waals surface area contributed by atoms with Gasteiger partial charge in [0, 0.05) is 30.1 Å². The first-order valence-electron chi connectivity index (χ1n) is 10.7. The topological polar surface area (TPSA) is 128 Å². The van der Waals surface area contributed by atoms with E-state index in [0.717, 1.165) is 22.3 Å². The van der Waals surface area contributed by atoms with Gasteiger partial charge in [0.2, 0.25) is 0 Å². The largest absolute Gasteiger partial charge is 0.387 e. The first-order chi connectivity index (χ1) is 17.0. The number of aromatic amines is 1. The lowest BCUT2D eigenvalue weighted by Crippen LogP contribution is -2.23. The molecule has 0 aliphatic rings. The van der Waals surface area contributed by atoms with Gasteiger partial charge in [-0.05, 0) is 48.4 Å². The third-order valence-corrected chi connectivity index (χ3v) is 10.3. The third kappa shape index (κ3) is 6.05. The Hall–Kier alpha value is -2.12. The molecule has 0 unspecified atom stereocenters. The summed E-state index contributed by atoms with van der Waals surface area (Å²) < 4.78 is 51.9. The van der Waals surface area contributed by atoms with E-state index in [-0.39, 0.29) is 25.0 Å². The van der Waals surface area contributed by atoms with Gasteiger partial charge in [0.15, 0.2) is 9.84 Å². The predicted octanol–water partition coefficient (Wildman–Crippen LogP) is 4.61. The number of sulfonamides is 1. The van der Waals surface area contributed by atoms with Gasteiger partial charge < -0.3 is 15.4 Å². The monoisotopic (exact) mass is 587 g/mol. The summed E-state index contributed by atoms with van der Waals surface area (Å²) >= 11 is 12.6. The fourth-order valence-electron chi connectivity index (χ4n) is 3.75. The van der Waals surface area contributed by atoms with Crippen LogP contribution in [0.25, 0.3) is 10.9 Å². The number of halogens is 2. The third-order valence-electron chi connectivity index (χ3n) is 5.48. The number of aliphatic hydroxyl groups is 1. The number of hydrogen-bond donors (Lipinski definition) is 4. The summed E-state index contributed by atoms with van der Waals surface area (Å²) in [6.07, 6.45) is 2.71. The molecule has 36 heavy (non-hydrogen) atoms. The molecule has 0 saturated heterocycles. The molecule has 2 aromatic carbocycles. The van der Waals surface area contributed by atoms with Gasteiger partial charge in [-0.1, -0.05) is 47.5 Å². The lowest BCUT2D eigenvalue weighted by atomic mass is 10.1. The zero-order valence-corrected chi connectivity index (χ0v) is 22.9. The Morgan fingerprint density at radius 3 is 2.53 bits per heavy atom.